The Morgan fingerprint density at radius 1 is 1.04 bits per heavy atom. The van der Waals surface area contributed by atoms with E-state index in [1.54, 1.807) is 5.57 Å². The number of piperidine rings is 1. The molecule has 27 heavy (non-hydrogen) atoms. The Labute approximate surface area is 180 Å². The van der Waals surface area contributed by atoms with Gasteiger partial charge < -0.3 is 5.32 Å². The number of pyridine rings is 1. The average Bonchev–Trinajstić information content (AvgIpc) is 2.83. The van der Waals surface area contributed by atoms with Gasteiger partial charge in [0.2, 0.25) is 0 Å². The monoisotopic (exact) mass is 490 g/mol. The highest BCUT2D eigenvalue weighted by Gasteiger charge is 2.25. The van der Waals surface area contributed by atoms with Gasteiger partial charge >= 0.3 is 0 Å². The molecule has 2 aliphatic rings. The van der Waals surface area contributed by atoms with Gasteiger partial charge in [-0.2, -0.15) is 0 Å². The maximum absolute atomic E-state index is 4.85. The van der Waals surface area contributed by atoms with Crippen molar-refractivity contribution in [2.24, 2.45) is 0 Å². The summed E-state index contributed by atoms with van der Waals surface area (Å²) in [6.07, 6.45) is 7.49. The number of hydrogen-bond acceptors (Lipinski definition) is 2. The predicted octanol–water partition coefficient (Wildman–Crippen LogP) is 6.62. The van der Waals surface area contributed by atoms with Crippen molar-refractivity contribution in [2.75, 3.05) is 13.1 Å². The van der Waals surface area contributed by atoms with Crippen molar-refractivity contribution in [1.82, 2.24) is 10.3 Å². The highest BCUT2D eigenvalue weighted by atomic mass is 79.9. The Balaban J connectivity index is 0.000000659. The lowest BCUT2D eigenvalue weighted by Gasteiger charge is -2.22. The van der Waals surface area contributed by atoms with Crippen LogP contribution in [0.5, 0.6) is 0 Å². The smallest absolute Gasteiger partial charge is 0.0740 e. The van der Waals surface area contributed by atoms with Crippen molar-refractivity contribution in [3.05, 3.63) is 66.9 Å². The second kappa shape index (κ2) is 9.49. The third-order valence-electron chi connectivity index (χ3n) is 5.08. The van der Waals surface area contributed by atoms with Gasteiger partial charge in [-0.25, -0.2) is 0 Å². The zero-order valence-electron chi connectivity index (χ0n) is 16.5. The van der Waals surface area contributed by atoms with Crippen LogP contribution in [0.3, 0.4) is 0 Å². The Morgan fingerprint density at radius 3 is 2.44 bits per heavy atom. The Bertz CT molecular complexity index is 848. The van der Waals surface area contributed by atoms with Gasteiger partial charge in [0.1, 0.15) is 0 Å². The molecule has 0 amide bonds. The van der Waals surface area contributed by atoms with Crippen molar-refractivity contribution < 1.29 is 0 Å². The van der Waals surface area contributed by atoms with Gasteiger partial charge in [0.05, 0.1) is 5.69 Å². The average molecular weight is 492 g/mol. The molecule has 0 atom stereocenters. The minimum Gasteiger partial charge on any atom is -0.316 e. The van der Waals surface area contributed by atoms with Gasteiger partial charge in [-0.1, -0.05) is 53.9 Å². The van der Waals surface area contributed by atoms with Gasteiger partial charge in [-0.15, -0.1) is 0 Å². The molecule has 2 heterocycles. The van der Waals surface area contributed by atoms with E-state index >= 15 is 0 Å². The molecule has 1 aliphatic carbocycles. The molecular formula is C23H28Br2N2. The molecule has 0 spiro atoms. The zero-order chi connectivity index (χ0) is 19.4. The quantitative estimate of drug-likeness (QED) is 0.448. The molecule has 4 rings (SSSR count). The number of hydrogen-bond donors (Lipinski definition) is 1. The lowest BCUT2D eigenvalue weighted by molar-refractivity contribution is 0.611. The lowest BCUT2D eigenvalue weighted by Crippen LogP contribution is -2.24. The minimum absolute atomic E-state index is 1.03. The third kappa shape index (κ3) is 4.55. The van der Waals surface area contributed by atoms with Crippen LogP contribution in [0.2, 0.25) is 0 Å². The number of nitrogens with one attached hydrogen (secondary N) is 1. The van der Waals surface area contributed by atoms with Gasteiger partial charge in [-0.3, -0.25) is 4.98 Å². The van der Waals surface area contributed by atoms with E-state index in [0.29, 0.717) is 0 Å². The van der Waals surface area contributed by atoms with E-state index in [4.69, 9.17) is 4.98 Å². The van der Waals surface area contributed by atoms with Crippen LogP contribution < -0.4 is 5.32 Å². The van der Waals surface area contributed by atoms with E-state index in [2.05, 4.69) is 76.1 Å². The first kappa shape index (κ1) is 20.8. The first-order valence-corrected chi connectivity index (χ1v) is 11.5. The summed E-state index contributed by atoms with van der Waals surface area (Å²) in [6, 6.07) is 6.78. The maximum Gasteiger partial charge on any atom is 0.0740 e. The van der Waals surface area contributed by atoms with E-state index < -0.39 is 0 Å². The molecular weight excluding hydrogens is 464 g/mol. The van der Waals surface area contributed by atoms with Crippen LogP contribution in [0.4, 0.5) is 0 Å². The van der Waals surface area contributed by atoms with Crippen LogP contribution in [0, 0.1) is 6.92 Å². The lowest BCUT2D eigenvalue weighted by atomic mass is 9.88. The summed E-state index contributed by atoms with van der Waals surface area (Å²) in [5, 5.41) is 3.48. The normalized spacial score (nSPS) is 16.0. The maximum atomic E-state index is 4.85. The van der Waals surface area contributed by atoms with Gasteiger partial charge in [-0.05, 0) is 89.9 Å². The van der Waals surface area contributed by atoms with E-state index in [1.807, 2.05) is 6.20 Å². The second-order valence-electron chi connectivity index (χ2n) is 7.32. The summed E-state index contributed by atoms with van der Waals surface area (Å²) < 4.78 is 2.33. The first-order chi connectivity index (χ1) is 13.1. The summed E-state index contributed by atoms with van der Waals surface area (Å²) >= 11 is 7.44. The highest BCUT2D eigenvalue weighted by Crippen LogP contribution is 2.40. The van der Waals surface area contributed by atoms with Gasteiger partial charge in [0.25, 0.3) is 0 Å². The molecule has 1 aliphatic heterocycles. The molecule has 2 nitrogen and oxygen atoms in total. The topological polar surface area (TPSA) is 24.9 Å². The fourth-order valence-electron chi connectivity index (χ4n) is 3.84. The molecule has 0 bridgehead atoms. The summed E-state index contributed by atoms with van der Waals surface area (Å²) in [5.41, 5.74) is 9.58. The molecule has 4 heteroatoms. The molecule has 0 unspecified atom stereocenters. The van der Waals surface area contributed by atoms with E-state index in [-0.39, 0.29) is 0 Å². The number of rotatable bonds is 0. The number of benzene rings is 1. The molecule has 144 valence electrons. The van der Waals surface area contributed by atoms with Crippen molar-refractivity contribution in [1.29, 1.82) is 0 Å². The van der Waals surface area contributed by atoms with Crippen LogP contribution >= 0.6 is 31.9 Å². The number of fused-ring (bicyclic) bond motifs is 2. The molecule has 1 aromatic heterocycles. The van der Waals surface area contributed by atoms with Crippen molar-refractivity contribution in [2.45, 2.75) is 52.9 Å². The molecule has 1 N–H and O–H groups in total. The van der Waals surface area contributed by atoms with Crippen LogP contribution in [0.15, 0.2) is 38.9 Å². The number of aromatic nitrogens is 1. The Morgan fingerprint density at radius 2 is 1.74 bits per heavy atom. The van der Waals surface area contributed by atoms with Crippen molar-refractivity contribution >= 4 is 37.4 Å². The zero-order valence-corrected chi connectivity index (χ0v) is 19.6. The fraction of sp³-hybridized carbons (Fsp3) is 0.435. The van der Waals surface area contributed by atoms with E-state index in [1.165, 1.54) is 44.4 Å². The minimum atomic E-state index is 1.03. The molecule has 2 aromatic rings. The van der Waals surface area contributed by atoms with Crippen molar-refractivity contribution in [3.8, 4) is 0 Å². The predicted molar refractivity (Wildman–Crippen MR) is 122 cm³/mol. The Kier molecular flexibility index (Phi) is 7.29. The second-order valence-corrected chi connectivity index (χ2v) is 9.03. The summed E-state index contributed by atoms with van der Waals surface area (Å²) in [4.78, 5) is 4.85. The number of halogens is 2. The number of nitrogens with zero attached hydrogens (tertiary/aromatic N) is 1. The van der Waals surface area contributed by atoms with Crippen LogP contribution in [0.25, 0.3) is 5.57 Å². The third-order valence-corrected chi connectivity index (χ3v) is 6.62. The summed E-state index contributed by atoms with van der Waals surface area (Å²) in [6.45, 7) is 8.55. The first-order valence-electron chi connectivity index (χ1n) is 9.92. The molecule has 1 saturated heterocycles. The molecule has 1 fully saturated rings. The summed E-state index contributed by atoms with van der Waals surface area (Å²) in [7, 11) is 0. The summed E-state index contributed by atoms with van der Waals surface area (Å²) in [5.74, 6) is 0. The highest BCUT2D eigenvalue weighted by molar-refractivity contribution is 9.10. The fourth-order valence-corrected chi connectivity index (χ4v) is 4.76. The molecule has 0 saturated carbocycles. The standard InChI is InChI=1S/C20H20Br2N2.C3H8/c1-12-2-4-16-17(19(12)22)5-3-14-10-15(21)11-24-20(14)18(16)13-6-8-23-9-7-13;1-3-2/h2,4,10-11,23H,3,5-9H2,1H3;3H2,1-2H3. The SMILES string of the molecule is CCC.Cc1ccc2c(c1Br)CCc1cc(Br)cnc1C2=C1CCNCC1. The Hall–Kier alpha value is -0.970. The molecule has 0 radical (unpaired) electrons. The van der Waals surface area contributed by atoms with Crippen LogP contribution in [-0.2, 0) is 12.8 Å². The van der Waals surface area contributed by atoms with Gasteiger partial charge in [0.15, 0.2) is 0 Å². The largest absolute Gasteiger partial charge is 0.316 e. The number of aryl methyl sites for hydroxylation is 2. The van der Waals surface area contributed by atoms with E-state index in [0.717, 1.165) is 43.2 Å². The van der Waals surface area contributed by atoms with Gasteiger partial charge in [0, 0.05) is 20.7 Å². The van der Waals surface area contributed by atoms with Crippen LogP contribution in [0.1, 0.15) is 61.1 Å². The van der Waals surface area contributed by atoms with Crippen LogP contribution in [-0.4, -0.2) is 18.1 Å². The van der Waals surface area contributed by atoms with E-state index in [9.17, 15) is 0 Å². The van der Waals surface area contributed by atoms with Crippen molar-refractivity contribution in [3.63, 3.8) is 0 Å². The molecule has 1 aromatic carbocycles.